The number of nitrogens with one attached hydrogen (secondary N) is 1. The summed E-state index contributed by atoms with van der Waals surface area (Å²) in [5.41, 5.74) is 0. The van der Waals surface area contributed by atoms with Gasteiger partial charge in [-0.2, -0.15) is 4.68 Å². The summed E-state index contributed by atoms with van der Waals surface area (Å²) in [6, 6.07) is 9.29. The number of halogens is 1. The van der Waals surface area contributed by atoms with Crippen molar-refractivity contribution in [3.8, 4) is 0 Å². The van der Waals surface area contributed by atoms with E-state index in [0.29, 0.717) is 13.1 Å². The molecule has 3 aromatic rings. The Morgan fingerprint density at radius 1 is 1.21 bits per heavy atom. The van der Waals surface area contributed by atoms with Crippen LogP contribution in [0.25, 0.3) is 10.1 Å². The molecule has 0 bridgehead atoms. The van der Waals surface area contributed by atoms with Crippen molar-refractivity contribution in [2.24, 2.45) is 0 Å². The fourth-order valence-electron chi connectivity index (χ4n) is 3.28. The predicted molar refractivity (Wildman–Crippen MR) is 115 cm³/mol. The lowest BCUT2D eigenvalue weighted by atomic mass is 10.2. The number of carbonyl (C=O) groups excluding carboxylic acids is 1. The molecule has 0 aliphatic carbocycles. The van der Waals surface area contributed by atoms with Crippen molar-refractivity contribution in [2.45, 2.75) is 6.54 Å². The third-order valence-electron chi connectivity index (χ3n) is 4.63. The molecule has 2 aromatic heterocycles. The molecular weight excluding hydrogens is 434 g/mol. The van der Waals surface area contributed by atoms with Crippen molar-refractivity contribution >= 4 is 54.9 Å². The molecule has 1 amide bonds. The van der Waals surface area contributed by atoms with E-state index in [-0.39, 0.29) is 11.8 Å². The molecule has 154 valence electrons. The molecule has 1 aliphatic heterocycles. The van der Waals surface area contributed by atoms with Gasteiger partial charge in [0.25, 0.3) is 0 Å². The van der Waals surface area contributed by atoms with Crippen molar-refractivity contribution in [3.63, 3.8) is 0 Å². The van der Waals surface area contributed by atoms with Crippen LogP contribution in [0.15, 0.2) is 36.5 Å². The normalized spacial score (nSPS) is 15.7. The topological polar surface area (TPSA) is 87.5 Å². The quantitative estimate of drug-likeness (QED) is 0.656. The lowest BCUT2D eigenvalue weighted by molar-refractivity contribution is 0.135. The standard InChI is InChI=1S/C18H20ClN5O3S2/c1-29(26,27)21-17-4-5-24(20-17)18(25)23-8-6-22(7-9-23)12-15-11-13-10-14(19)2-3-16(13)28-15/h2-5,10-11H,6-9,12H2,1H3,(H,20,21). The van der Waals surface area contributed by atoms with Gasteiger partial charge < -0.3 is 4.90 Å². The maximum atomic E-state index is 12.6. The number of amides is 1. The molecule has 1 aromatic carbocycles. The van der Waals surface area contributed by atoms with Gasteiger partial charge in [-0.3, -0.25) is 9.62 Å². The summed E-state index contributed by atoms with van der Waals surface area (Å²) in [5, 5.41) is 5.90. The average Bonchev–Trinajstić information content (AvgIpc) is 3.26. The zero-order valence-electron chi connectivity index (χ0n) is 15.7. The lowest BCUT2D eigenvalue weighted by Crippen LogP contribution is -2.49. The molecule has 8 nitrogen and oxygen atoms in total. The highest BCUT2D eigenvalue weighted by Crippen LogP contribution is 2.29. The Bertz CT molecular complexity index is 1150. The van der Waals surface area contributed by atoms with E-state index < -0.39 is 10.0 Å². The number of thiophene rings is 1. The summed E-state index contributed by atoms with van der Waals surface area (Å²) in [4.78, 5) is 17.9. The first-order chi connectivity index (χ1) is 13.8. The van der Waals surface area contributed by atoms with E-state index in [2.05, 4.69) is 20.8 Å². The molecule has 11 heteroatoms. The number of carbonyl (C=O) groups is 1. The van der Waals surface area contributed by atoms with Crippen LogP contribution in [0.2, 0.25) is 5.02 Å². The number of anilines is 1. The summed E-state index contributed by atoms with van der Waals surface area (Å²) in [6.07, 6.45) is 2.50. The van der Waals surface area contributed by atoms with Crippen molar-refractivity contribution in [1.82, 2.24) is 19.6 Å². The first-order valence-corrected chi connectivity index (χ1v) is 12.1. The highest BCUT2D eigenvalue weighted by molar-refractivity contribution is 7.92. The van der Waals surface area contributed by atoms with Crippen LogP contribution in [0.5, 0.6) is 0 Å². The minimum absolute atomic E-state index is 0.129. The number of piperazine rings is 1. The molecule has 0 saturated carbocycles. The Morgan fingerprint density at radius 2 is 1.97 bits per heavy atom. The van der Waals surface area contributed by atoms with Crippen molar-refractivity contribution in [3.05, 3.63) is 46.4 Å². The summed E-state index contributed by atoms with van der Waals surface area (Å²) < 4.78 is 27.2. The maximum absolute atomic E-state index is 12.6. The molecule has 3 heterocycles. The molecule has 0 unspecified atom stereocenters. The fraction of sp³-hybridized carbons (Fsp3) is 0.333. The molecule has 1 saturated heterocycles. The van der Waals surface area contributed by atoms with Gasteiger partial charge in [0.2, 0.25) is 10.0 Å². The van der Waals surface area contributed by atoms with E-state index in [1.165, 1.54) is 26.5 Å². The minimum Gasteiger partial charge on any atom is -0.320 e. The Morgan fingerprint density at radius 3 is 2.69 bits per heavy atom. The SMILES string of the molecule is CS(=O)(=O)Nc1ccn(C(=O)N2CCN(Cc3cc4cc(Cl)ccc4s3)CC2)n1. The van der Waals surface area contributed by atoms with Gasteiger partial charge >= 0.3 is 6.03 Å². The largest absolute Gasteiger partial charge is 0.344 e. The van der Waals surface area contributed by atoms with E-state index in [9.17, 15) is 13.2 Å². The van der Waals surface area contributed by atoms with Crippen LogP contribution in [0.3, 0.4) is 0 Å². The van der Waals surface area contributed by atoms with Gasteiger partial charge in [-0.25, -0.2) is 13.2 Å². The van der Waals surface area contributed by atoms with E-state index in [1.807, 2.05) is 18.2 Å². The van der Waals surface area contributed by atoms with Crippen molar-refractivity contribution < 1.29 is 13.2 Å². The van der Waals surface area contributed by atoms with Gasteiger partial charge in [0.1, 0.15) is 0 Å². The second-order valence-electron chi connectivity index (χ2n) is 6.96. The fourth-order valence-corrected chi connectivity index (χ4v) is 5.04. The van der Waals surface area contributed by atoms with E-state index >= 15 is 0 Å². The first kappa shape index (κ1) is 20.1. The summed E-state index contributed by atoms with van der Waals surface area (Å²) in [6.45, 7) is 3.53. The van der Waals surface area contributed by atoms with Crippen LogP contribution >= 0.6 is 22.9 Å². The van der Waals surface area contributed by atoms with Gasteiger partial charge in [-0.05, 0) is 29.7 Å². The summed E-state index contributed by atoms with van der Waals surface area (Å²) >= 11 is 7.82. The van der Waals surface area contributed by atoms with Crippen LogP contribution in [-0.2, 0) is 16.6 Å². The Kier molecular flexibility index (Phi) is 5.52. The van der Waals surface area contributed by atoms with Gasteiger partial charge in [-0.15, -0.1) is 16.4 Å². The number of aromatic nitrogens is 2. The number of hydrogen-bond acceptors (Lipinski definition) is 6. The van der Waals surface area contributed by atoms with Gasteiger partial charge in [-0.1, -0.05) is 11.6 Å². The van der Waals surface area contributed by atoms with Crippen LogP contribution in [0.1, 0.15) is 4.88 Å². The predicted octanol–water partition coefficient (Wildman–Crippen LogP) is 2.91. The highest BCUT2D eigenvalue weighted by Gasteiger charge is 2.23. The summed E-state index contributed by atoms with van der Waals surface area (Å²) in [5.74, 6) is 0.129. The molecule has 1 aliphatic rings. The van der Waals surface area contributed by atoms with E-state index in [0.717, 1.165) is 36.3 Å². The Hall–Kier alpha value is -2.14. The van der Waals surface area contributed by atoms with Crippen LogP contribution < -0.4 is 4.72 Å². The highest BCUT2D eigenvalue weighted by atomic mass is 35.5. The number of fused-ring (bicyclic) bond motifs is 1. The van der Waals surface area contributed by atoms with Crippen LogP contribution in [0.4, 0.5) is 10.6 Å². The van der Waals surface area contributed by atoms with Crippen molar-refractivity contribution in [1.29, 1.82) is 0 Å². The molecule has 1 N–H and O–H groups in total. The molecule has 0 radical (unpaired) electrons. The number of nitrogens with zero attached hydrogens (tertiary/aromatic N) is 4. The lowest BCUT2D eigenvalue weighted by Gasteiger charge is -2.34. The Labute approximate surface area is 177 Å². The molecule has 1 fully saturated rings. The molecule has 29 heavy (non-hydrogen) atoms. The minimum atomic E-state index is -3.43. The number of hydrogen-bond donors (Lipinski definition) is 1. The zero-order chi connectivity index (χ0) is 20.6. The van der Waals surface area contributed by atoms with Crippen LogP contribution in [-0.4, -0.2) is 66.5 Å². The number of rotatable bonds is 4. The second kappa shape index (κ2) is 7.94. The van der Waals surface area contributed by atoms with E-state index in [1.54, 1.807) is 16.2 Å². The first-order valence-electron chi connectivity index (χ1n) is 9.00. The third kappa shape index (κ3) is 4.89. The summed E-state index contributed by atoms with van der Waals surface area (Å²) in [7, 11) is -3.43. The third-order valence-corrected chi connectivity index (χ3v) is 6.54. The maximum Gasteiger partial charge on any atom is 0.344 e. The second-order valence-corrected chi connectivity index (χ2v) is 10.3. The average molecular weight is 454 g/mol. The van der Waals surface area contributed by atoms with Gasteiger partial charge in [0.15, 0.2) is 5.82 Å². The number of benzene rings is 1. The monoisotopic (exact) mass is 453 g/mol. The molecule has 0 atom stereocenters. The van der Waals surface area contributed by atoms with Gasteiger partial charge in [0, 0.05) is 59.6 Å². The zero-order valence-corrected chi connectivity index (χ0v) is 18.1. The molecule has 0 spiro atoms. The van der Waals surface area contributed by atoms with E-state index in [4.69, 9.17) is 11.6 Å². The number of sulfonamides is 1. The smallest absolute Gasteiger partial charge is 0.320 e. The van der Waals surface area contributed by atoms with Gasteiger partial charge in [0.05, 0.1) is 6.26 Å². The van der Waals surface area contributed by atoms with Crippen LogP contribution in [0, 0.1) is 0 Å². The van der Waals surface area contributed by atoms with Crippen molar-refractivity contribution in [2.75, 3.05) is 37.2 Å². The Balaban J connectivity index is 1.34. The molecule has 4 rings (SSSR count). The molecular formula is C18H20ClN5O3S2.